The minimum atomic E-state index is -0.0470. The Labute approximate surface area is 146 Å². The number of hydrogen-bond donors (Lipinski definition) is 1. The Morgan fingerprint density at radius 3 is 2.36 bits per heavy atom. The number of benzene rings is 2. The van der Waals surface area contributed by atoms with E-state index >= 15 is 0 Å². The molecule has 116 valence electrons. The largest absolute Gasteiger partial charge is 0.322 e. The van der Waals surface area contributed by atoms with Crippen LogP contribution in [0.25, 0.3) is 0 Å². The van der Waals surface area contributed by atoms with Gasteiger partial charge in [-0.15, -0.1) is 0 Å². The molecular weight excluding hydrogens is 385 g/mol. The maximum atomic E-state index is 12.5. The first-order valence-electron chi connectivity index (χ1n) is 7.64. The Kier molecular flexibility index (Phi) is 6.00. The third-order valence-electron chi connectivity index (χ3n) is 3.68. The fraction of sp³-hybridized carbons (Fsp3) is 0.316. The van der Waals surface area contributed by atoms with Gasteiger partial charge in [-0.05, 0) is 64.6 Å². The summed E-state index contributed by atoms with van der Waals surface area (Å²) in [6, 6.07) is 15.7. The van der Waals surface area contributed by atoms with Gasteiger partial charge < -0.3 is 5.32 Å². The fourth-order valence-corrected chi connectivity index (χ4v) is 3.34. The topological polar surface area (TPSA) is 29.1 Å². The van der Waals surface area contributed by atoms with E-state index in [1.54, 1.807) is 0 Å². The zero-order valence-electron chi connectivity index (χ0n) is 13.3. The molecule has 0 aliphatic carbocycles. The highest BCUT2D eigenvalue weighted by molar-refractivity contribution is 14.1. The van der Waals surface area contributed by atoms with Gasteiger partial charge in [0, 0.05) is 9.26 Å². The summed E-state index contributed by atoms with van der Waals surface area (Å²) in [5.74, 6) is 1.01. The number of hydrogen-bond acceptors (Lipinski definition) is 1. The molecule has 2 nitrogen and oxygen atoms in total. The van der Waals surface area contributed by atoms with E-state index in [-0.39, 0.29) is 5.91 Å². The molecule has 0 heterocycles. The first-order valence-corrected chi connectivity index (χ1v) is 8.71. The lowest BCUT2D eigenvalue weighted by molar-refractivity contribution is 0.102. The van der Waals surface area contributed by atoms with Crippen molar-refractivity contribution in [2.24, 2.45) is 5.92 Å². The molecule has 1 amide bonds. The van der Waals surface area contributed by atoms with Crippen LogP contribution in [0.1, 0.15) is 49.0 Å². The summed E-state index contributed by atoms with van der Waals surface area (Å²) < 4.78 is 0.963. The van der Waals surface area contributed by atoms with Crippen LogP contribution in [-0.4, -0.2) is 5.91 Å². The van der Waals surface area contributed by atoms with Crippen LogP contribution < -0.4 is 5.32 Å². The van der Waals surface area contributed by atoms with E-state index in [2.05, 4.69) is 54.7 Å². The zero-order chi connectivity index (χ0) is 16.1. The van der Waals surface area contributed by atoms with Crippen molar-refractivity contribution >= 4 is 34.2 Å². The number of rotatable bonds is 5. The Balaban J connectivity index is 2.23. The van der Waals surface area contributed by atoms with E-state index in [9.17, 15) is 4.79 Å². The third-order valence-corrected chi connectivity index (χ3v) is 4.62. The number of nitrogens with one attached hydrogen (secondary N) is 1. The Hall–Kier alpha value is -1.36. The maximum absolute atomic E-state index is 12.5. The minimum Gasteiger partial charge on any atom is -0.322 e. The zero-order valence-corrected chi connectivity index (χ0v) is 15.4. The van der Waals surface area contributed by atoms with Crippen LogP contribution in [0, 0.1) is 9.49 Å². The third kappa shape index (κ3) is 4.32. The summed E-state index contributed by atoms with van der Waals surface area (Å²) >= 11 is 2.20. The number of anilines is 1. The van der Waals surface area contributed by atoms with Crippen LogP contribution in [0.5, 0.6) is 0 Å². The number of amides is 1. The second-order valence-corrected chi connectivity index (χ2v) is 7.21. The van der Waals surface area contributed by atoms with Crippen molar-refractivity contribution < 1.29 is 4.79 Å². The molecule has 0 radical (unpaired) electrons. The van der Waals surface area contributed by atoms with Gasteiger partial charge >= 0.3 is 0 Å². The maximum Gasteiger partial charge on any atom is 0.256 e. The Morgan fingerprint density at radius 2 is 1.68 bits per heavy atom. The molecule has 1 atom stereocenters. The predicted molar refractivity (Wildman–Crippen MR) is 101 cm³/mol. The predicted octanol–water partition coefficient (Wildman–Crippen LogP) is 5.69. The first-order chi connectivity index (χ1) is 10.5. The molecule has 0 aromatic heterocycles. The molecule has 3 heteroatoms. The number of halogens is 1. The lowest BCUT2D eigenvalue weighted by atomic mass is 9.91. The van der Waals surface area contributed by atoms with Crippen molar-refractivity contribution in [2.45, 2.75) is 33.1 Å². The van der Waals surface area contributed by atoms with E-state index in [0.29, 0.717) is 11.8 Å². The van der Waals surface area contributed by atoms with Crippen molar-refractivity contribution in [3.63, 3.8) is 0 Å². The van der Waals surface area contributed by atoms with Gasteiger partial charge in [0.15, 0.2) is 0 Å². The first kappa shape index (κ1) is 17.0. The van der Waals surface area contributed by atoms with E-state index in [0.717, 1.165) is 21.2 Å². The summed E-state index contributed by atoms with van der Waals surface area (Å²) in [4.78, 5) is 12.5. The molecule has 0 fully saturated rings. The van der Waals surface area contributed by atoms with Crippen molar-refractivity contribution in [2.75, 3.05) is 5.32 Å². The van der Waals surface area contributed by atoms with Gasteiger partial charge in [-0.1, -0.05) is 51.1 Å². The molecule has 0 saturated heterocycles. The lowest BCUT2D eigenvalue weighted by Crippen LogP contribution is -2.15. The summed E-state index contributed by atoms with van der Waals surface area (Å²) in [6.07, 6.45) is 1.11. The van der Waals surface area contributed by atoms with Gasteiger partial charge in [-0.2, -0.15) is 0 Å². The van der Waals surface area contributed by atoms with Crippen molar-refractivity contribution in [1.29, 1.82) is 0 Å². The van der Waals surface area contributed by atoms with E-state index in [1.165, 1.54) is 5.56 Å². The van der Waals surface area contributed by atoms with Crippen LogP contribution in [0.4, 0.5) is 5.69 Å². The van der Waals surface area contributed by atoms with Crippen LogP contribution in [-0.2, 0) is 0 Å². The molecule has 2 rings (SSSR count). The lowest BCUT2D eigenvalue weighted by Gasteiger charge is -2.19. The SMILES string of the molecule is CC(C)CC(C)c1ccccc1NC(=O)c1ccccc1I. The van der Waals surface area contributed by atoms with E-state index in [1.807, 2.05) is 42.5 Å². The smallest absolute Gasteiger partial charge is 0.256 e. The molecule has 0 spiro atoms. The quantitative estimate of drug-likeness (QED) is 0.634. The summed E-state index contributed by atoms with van der Waals surface area (Å²) in [6.45, 7) is 6.67. The van der Waals surface area contributed by atoms with Crippen LogP contribution >= 0.6 is 22.6 Å². The highest BCUT2D eigenvalue weighted by Crippen LogP contribution is 2.29. The number of carbonyl (C=O) groups excluding carboxylic acids is 1. The summed E-state index contributed by atoms with van der Waals surface area (Å²) in [5.41, 5.74) is 2.84. The summed E-state index contributed by atoms with van der Waals surface area (Å²) in [7, 11) is 0. The van der Waals surface area contributed by atoms with E-state index in [4.69, 9.17) is 0 Å². The summed E-state index contributed by atoms with van der Waals surface area (Å²) in [5, 5.41) is 3.08. The van der Waals surface area contributed by atoms with E-state index < -0.39 is 0 Å². The molecule has 22 heavy (non-hydrogen) atoms. The van der Waals surface area contributed by atoms with Gasteiger partial charge in [-0.25, -0.2) is 0 Å². The normalized spacial score (nSPS) is 12.2. The second kappa shape index (κ2) is 7.77. The number of carbonyl (C=O) groups is 1. The van der Waals surface area contributed by atoms with Gasteiger partial charge in [0.05, 0.1) is 5.56 Å². The van der Waals surface area contributed by atoms with Gasteiger partial charge in [0.25, 0.3) is 5.91 Å². The van der Waals surface area contributed by atoms with Gasteiger partial charge in [0.2, 0.25) is 0 Å². The molecule has 0 aliphatic heterocycles. The van der Waals surface area contributed by atoms with Crippen LogP contribution in [0.3, 0.4) is 0 Å². The van der Waals surface area contributed by atoms with Gasteiger partial charge in [0.1, 0.15) is 0 Å². The molecule has 0 aliphatic rings. The Bertz CT molecular complexity index is 651. The van der Waals surface area contributed by atoms with Crippen LogP contribution in [0.15, 0.2) is 48.5 Å². The molecule has 2 aromatic carbocycles. The van der Waals surface area contributed by atoms with Crippen LogP contribution in [0.2, 0.25) is 0 Å². The molecule has 1 unspecified atom stereocenters. The second-order valence-electron chi connectivity index (χ2n) is 6.05. The van der Waals surface area contributed by atoms with Gasteiger partial charge in [-0.3, -0.25) is 4.79 Å². The number of para-hydroxylation sites is 1. The highest BCUT2D eigenvalue weighted by atomic mass is 127. The molecule has 0 bridgehead atoms. The average Bonchev–Trinajstić information content (AvgIpc) is 2.47. The van der Waals surface area contributed by atoms with Crippen molar-refractivity contribution in [3.8, 4) is 0 Å². The van der Waals surface area contributed by atoms with Crippen molar-refractivity contribution in [3.05, 3.63) is 63.2 Å². The standard InChI is InChI=1S/C19H22INO/c1-13(2)12-14(3)15-8-5-7-11-18(15)21-19(22)16-9-4-6-10-17(16)20/h4-11,13-14H,12H2,1-3H3,(H,21,22). The minimum absolute atomic E-state index is 0.0470. The molecule has 0 saturated carbocycles. The highest BCUT2D eigenvalue weighted by Gasteiger charge is 2.15. The fourth-order valence-electron chi connectivity index (χ4n) is 2.71. The van der Waals surface area contributed by atoms with Crippen molar-refractivity contribution in [1.82, 2.24) is 0 Å². The molecular formula is C19H22INO. The average molecular weight is 407 g/mol. The Morgan fingerprint density at radius 1 is 1.05 bits per heavy atom. The monoisotopic (exact) mass is 407 g/mol. The molecule has 2 aromatic rings. The molecule has 1 N–H and O–H groups in total.